The Hall–Kier alpha value is -0.610. The average Bonchev–Trinajstić information content (AvgIpc) is 2.31. The molecule has 18 heavy (non-hydrogen) atoms. The van der Waals surface area contributed by atoms with Gasteiger partial charge in [0, 0.05) is 11.6 Å². The van der Waals surface area contributed by atoms with Crippen molar-refractivity contribution < 1.29 is 9.84 Å². The molecule has 1 unspecified atom stereocenters. The molecule has 0 amide bonds. The van der Waals surface area contributed by atoms with Gasteiger partial charge in [-0.1, -0.05) is 43.6 Å². The molecule has 1 aromatic rings. The highest BCUT2D eigenvalue weighted by molar-refractivity contribution is 6.31. The zero-order valence-electron chi connectivity index (χ0n) is 11.0. The third-order valence-electron chi connectivity index (χ3n) is 2.46. The van der Waals surface area contributed by atoms with Crippen LogP contribution >= 0.6 is 11.6 Å². The van der Waals surface area contributed by atoms with Crippen LogP contribution in [0.2, 0.25) is 5.02 Å². The Morgan fingerprint density at radius 3 is 2.67 bits per heavy atom. The second kappa shape index (κ2) is 8.48. The molecule has 102 valence electrons. The Bertz CT molecular complexity index is 344. The van der Waals surface area contributed by atoms with Crippen molar-refractivity contribution in [3.05, 3.63) is 34.9 Å². The molecule has 3 nitrogen and oxygen atoms in total. The van der Waals surface area contributed by atoms with E-state index in [1.165, 1.54) is 0 Å². The van der Waals surface area contributed by atoms with Gasteiger partial charge in [-0.25, -0.2) is 0 Å². The van der Waals surface area contributed by atoms with Crippen LogP contribution in [0.25, 0.3) is 0 Å². The summed E-state index contributed by atoms with van der Waals surface area (Å²) in [5, 5.41) is 13.6. The standard InChI is InChI=1S/C14H22ClNO2/c1-11(2)7-16-8-13(17)10-18-9-12-5-3-4-6-14(12)15/h3-6,11,13,16-17H,7-10H2,1-2H3. The van der Waals surface area contributed by atoms with Crippen LogP contribution in [-0.2, 0) is 11.3 Å². The number of hydrogen-bond donors (Lipinski definition) is 2. The predicted octanol–water partition coefficient (Wildman–Crippen LogP) is 2.46. The van der Waals surface area contributed by atoms with E-state index in [-0.39, 0.29) is 0 Å². The van der Waals surface area contributed by atoms with E-state index in [1.54, 1.807) is 0 Å². The predicted molar refractivity (Wildman–Crippen MR) is 74.8 cm³/mol. The number of rotatable bonds is 8. The van der Waals surface area contributed by atoms with Gasteiger partial charge in [0.05, 0.1) is 19.3 Å². The number of aliphatic hydroxyl groups is 1. The summed E-state index contributed by atoms with van der Waals surface area (Å²) < 4.78 is 5.45. The van der Waals surface area contributed by atoms with E-state index in [1.807, 2.05) is 24.3 Å². The van der Waals surface area contributed by atoms with Crippen molar-refractivity contribution in [2.24, 2.45) is 5.92 Å². The SMILES string of the molecule is CC(C)CNCC(O)COCc1ccccc1Cl. The first-order valence-electron chi connectivity index (χ1n) is 6.29. The first-order chi connectivity index (χ1) is 8.59. The summed E-state index contributed by atoms with van der Waals surface area (Å²) in [5.41, 5.74) is 0.946. The summed E-state index contributed by atoms with van der Waals surface area (Å²) in [7, 11) is 0. The number of ether oxygens (including phenoxy) is 1. The summed E-state index contributed by atoms with van der Waals surface area (Å²) in [4.78, 5) is 0. The highest BCUT2D eigenvalue weighted by atomic mass is 35.5. The summed E-state index contributed by atoms with van der Waals surface area (Å²) in [6.07, 6.45) is -0.480. The molecule has 0 heterocycles. The number of hydrogen-bond acceptors (Lipinski definition) is 3. The molecule has 0 bridgehead atoms. The van der Waals surface area contributed by atoms with Gasteiger partial charge in [0.15, 0.2) is 0 Å². The van der Waals surface area contributed by atoms with E-state index in [9.17, 15) is 5.11 Å². The summed E-state index contributed by atoms with van der Waals surface area (Å²) in [6, 6.07) is 7.56. The van der Waals surface area contributed by atoms with Crippen molar-refractivity contribution in [2.45, 2.75) is 26.6 Å². The number of benzene rings is 1. The van der Waals surface area contributed by atoms with E-state index < -0.39 is 6.10 Å². The van der Waals surface area contributed by atoms with Gasteiger partial charge in [-0.05, 0) is 24.1 Å². The third-order valence-corrected chi connectivity index (χ3v) is 2.83. The molecule has 1 rings (SSSR count). The zero-order valence-corrected chi connectivity index (χ0v) is 11.8. The molecule has 1 aromatic carbocycles. The van der Waals surface area contributed by atoms with E-state index >= 15 is 0 Å². The van der Waals surface area contributed by atoms with Gasteiger partial charge in [-0.15, -0.1) is 0 Å². The molecule has 0 radical (unpaired) electrons. The lowest BCUT2D eigenvalue weighted by Gasteiger charge is -2.13. The van der Waals surface area contributed by atoms with Crippen LogP contribution in [0.4, 0.5) is 0 Å². The Balaban J connectivity index is 2.15. The lowest BCUT2D eigenvalue weighted by molar-refractivity contribution is 0.0287. The van der Waals surface area contributed by atoms with E-state index in [0.29, 0.717) is 30.7 Å². The Labute approximate surface area is 114 Å². The topological polar surface area (TPSA) is 41.5 Å². The van der Waals surface area contributed by atoms with Gasteiger partial charge in [0.2, 0.25) is 0 Å². The normalized spacial score (nSPS) is 12.9. The Kier molecular flexibility index (Phi) is 7.28. The van der Waals surface area contributed by atoms with Gasteiger partial charge < -0.3 is 15.2 Å². The second-order valence-corrected chi connectivity index (χ2v) is 5.22. The molecule has 2 N–H and O–H groups in total. The monoisotopic (exact) mass is 271 g/mol. The van der Waals surface area contributed by atoms with E-state index in [0.717, 1.165) is 12.1 Å². The fourth-order valence-electron chi connectivity index (χ4n) is 1.52. The fraction of sp³-hybridized carbons (Fsp3) is 0.571. The van der Waals surface area contributed by atoms with Crippen molar-refractivity contribution in [1.82, 2.24) is 5.32 Å². The summed E-state index contributed by atoms with van der Waals surface area (Å²) in [6.45, 7) is 6.47. The minimum absolute atomic E-state index is 0.316. The van der Waals surface area contributed by atoms with Gasteiger partial charge in [0.25, 0.3) is 0 Å². The van der Waals surface area contributed by atoms with Crippen LogP contribution in [0.3, 0.4) is 0 Å². The van der Waals surface area contributed by atoms with Crippen LogP contribution in [-0.4, -0.2) is 30.9 Å². The molecule has 0 saturated carbocycles. The van der Waals surface area contributed by atoms with E-state index in [2.05, 4.69) is 19.2 Å². The van der Waals surface area contributed by atoms with Crippen molar-refractivity contribution in [3.8, 4) is 0 Å². The molecule has 4 heteroatoms. The summed E-state index contributed by atoms with van der Waals surface area (Å²) >= 11 is 6.00. The molecule has 0 aliphatic rings. The smallest absolute Gasteiger partial charge is 0.0897 e. The number of halogens is 1. The molecule has 0 aliphatic carbocycles. The maximum absolute atomic E-state index is 9.69. The maximum Gasteiger partial charge on any atom is 0.0897 e. The fourth-order valence-corrected chi connectivity index (χ4v) is 1.71. The lowest BCUT2D eigenvalue weighted by atomic mass is 10.2. The molecular weight excluding hydrogens is 250 g/mol. The van der Waals surface area contributed by atoms with Crippen LogP contribution < -0.4 is 5.32 Å². The summed E-state index contributed by atoms with van der Waals surface area (Å²) in [5.74, 6) is 0.584. The van der Waals surface area contributed by atoms with Crippen molar-refractivity contribution in [3.63, 3.8) is 0 Å². The maximum atomic E-state index is 9.69. The van der Waals surface area contributed by atoms with Crippen molar-refractivity contribution in [2.75, 3.05) is 19.7 Å². The van der Waals surface area contributed by atoms with Crippen LogP contribution in [0.5, 0.6) is 0 Å². The highest BCUT2D eigenvalue weighted by Crippen LogP contribution is 2.15. The Morgan fingerprint density at radius 2 is 2.00 bits per heavy atom. The van der Waals surface area contributed by atoms with Gasteiger partial charge in [-0.2, -0.15) is 0 Å². The van der Waals surface area contributed by atoms with Crippen LogP contribution in [0.15, 0.2) is 24.3 Å². The number of aliphatic hydroxyl groups excluding tert-OH is 1. The quantitative estimate of drug-likeness (QED) is 0.763. The van der Waals surface area contributed by atoms with Gasteiger partial charge in [0.1, 0.15) is 0 Å². The second-order valence-electron chi connectivity index (χ2n) is 4.81. The molecule has 0 aliphatic heterocycles. The average molecular weight is 272 g/mol. The first-order valence-corrected chi connectivity index (χ1v) is 6.67. The highest BCUT2D eigenvalue weighted by Gasteiger charge is 2.05. The van der Waals surface area contributed by atoms with Crippen molar-refractivity contribution >= 4 is 11.6 Å². The molecule has 0 saturated heterocycles. The minimum atomic E-state index is -0.480. The Morgan fingerprint density at radius 1 is 1.28 bits per heavy atom. The molecular formula is C14H22ClNO2. The molecule has 0 spiro atoms. The molecule has 0 fully saturated rings. The van der Waals surface area contributed by atoms with Crippen LogP contribution in [0.1, 0.15) is 19.4 Å². The van der Waals surface area contributed by atoms with Crippen molar-refractivity contribution in [1.29, 1.82) is 0 Å². The first kappa shape index (κ1) is 15.4. The van der Waals surface area contributed by atoms with Crippen LogP contribution in [0, 0.1) is 5.92 Å². The lowest BCUT2D eigenvalue weighted by Crippen LogP contribution is -2.32. The number of nitrogens with one attached hydrogen (secondary N) is 1. The minimum Gasteiger partial charge on any atom is -0.389 e. The van der Waals surface area contributed by atoms with Gasteiger partial charge in [-0.3, -0.25) is 0 Å². The van der Waals surface area contributed by atoms with Gasteiger partial charge >= 0.3 is 0 Å². The molecule has 1 atom stereocenters. The largest absolute Gasteiger partial charge is 0.389 e. The zero-order chi connectivity index (χ0) is 13.4. The molecule has 0 aromatic heterocycles. The van der Waals surface area contributed by atoms with E-state index in [4.69, 9.17) is 16.3 Å². The third kappa shape index (κ3) is 6.36.